The van der Waals surface area contributed by atoms with E-state index in [4.69, 9.17) is 0 Å². The third kappa shape index (κ3) is 9.04. The first kappa shape index (κ1) is 26.3. The maximum atomic E-state index is 0. The van der Waals surface area contributed by atoms with Gasteiger partial charge in [0, 0.05) is 26.2 Å². The molecule has 0 saturated carbocycles. The van der Waals surface area contributed by atoms with E-state index in [0.717, 1.165) is 0 Å². The van der Waals surface area contributed by atoms with Gasteiger partial charge in [0.25, 0.3) is 0 Å². The second-order valence-electron chi connectivity index (χ2n) is 0. The molecule has 0 nitrogen and oxygen atoms in total. The van der Waals surface area contributed by atoms with Gasteiger partial charge in [-0.1, -0.05) is 0 Å². The van der Waals surface area contributed by atoms with Crippen molar-refractivity contribution in [3.63, 3.8) is 0 Å². The molecule has 0 rings (SSSR count). The van der Waals surface area contributed by atoms with Gasteiger partial charge in [-0.3, -0.25) is 4.70 Å². The largest absolute Gasteiger partial charge is 2.00 e. The van der Waals surface area contributed by atoms with Crippen LogP contribution in [0, 0.1) is 0 Å². The average molecular weight is 275 g/mol. The normalized spacial score (nSPS) is 0. The van der Waals surface area contributed by atoms with Crippen LogP contribution in [0.1, 0.15) is 4.28 Å². The van der Waals surface area contributed by atoms with Gasteiger partial charge in [0.2, 0.25) is 0 Å². The van der Waals surface area contributed by atoms with Crippen LogP contribution in [-0.2, 0) is 26.2 Å². The van der Waals surface area contributed by atoms with Gasteiger partial charge in [-0.05, 0) is 0 Å². The van der Waals surface area contributed by atoms with Crippen LogP contribution in [0.4, 0.5) is 4.70 Å². The van der Waals surface area contributed by atoms with E-state index in [1.54, 1.807) is 0 Å². The van der Waals surface area contributed by atoms with E-state index < -0.39 is 0 Å². The summed E-state index contributed by atoms with van der Waals surface area (Å²) in [5.41, 5.74) is 0. The Morgan fingerprint density at radius 2 is 1.25 bits per heavy atom. The molecule has 0 aromatic carbocycles. The van der Waals surface area contributed by atoms with Crippen molar-refractivity contribution in [3.8, 4) is 0 Å². The molecular weight excluding hydrogens is 271 g/mol. The van der Waals surface area contributed by atoms with Crippen LogP contribution in [0.2, 0.25) is 0 Å². The summed E-state index contributed by atoms with van der Waals surface area (Å²) in [6, 6.07) is 0. The Morgan fingerprint density at radius 3 is 1.25 bits per heavy atom. The van der Waals surface area contributed by atoms with E-state index in [1.807, 2.05) is 0 Å². The summed E-state index contributed by atoms with van der Waals surface area (Å²) in [6.07, 6.45) is 0. The van der Waals surface area contributed by atoms with Crippen molar-refractivity contribution in [2.45, 2.75) is 0 Å². The Morgan fingerprint density at radius 1 is 1.25 bits per heavy atom. The molecule has 0 aliphatic heterocycles. The molecule has 18 valence electrons. The number of rotatable bonds is 0. The van der Waals surface area contributed by atoms with Crippen molar-refractivity contribution in [3.05, 3.63) is 0 Å². The van der Waals surface area contributed by atoms with Gasteiger partial charge < -0.3 is 4.28 Å². The number of hydrogen-bond donors (Lipinski definition) is 0. The van der Waals surface area contributed by atoms with Crippen LogP contribution in [0.3, 0.4) is 0 Å². The summed E-state index contributed by atoms with van der Waals surface area (Å²) in [5.74, 6) is 0. The molecule has 4 heavy (non-hydrogen) atoms. The first-order valence-corrected chi connectivity index (χ1v) is 0. The van der Waals surface area contributed by atoms with Crippen molar-refractivity contribution in [1.29, 1.82) is 0 Å². The zero-order valence-electron chi connectivity index (χ0n) is 5.62. The molecule has 0 aromatic heterocycles. The zero-order valence-corrected chi connectivity index (χ0v) is 11.5. The maximum absolute atomic E-state index is 0. The van der Waals surface area contributed by atoms with Crippen LogP contribution >= 0.6 is 0 Å². The minimum atomic E-state index is 0. The molecule has 0 saturated heterocycles. The Labute approximate surface area is 111 Å². The second-order valence-corrected chi connectivity index (χ2v) is 0. The maximum Gasteiger partial charge on any atom is 2.00 e. The summed E-state index contributed by atoms with van der Waals surface area (Å²) < 4.78 is 0. The average Bonchev–Trinajstić information content (AvgIpc) is 0. The molecule has 4 heteroatoms. The molecule has 0 spiro atoms. The quantitative estimate of drug-likeness (QED) is 0.416. The van der Waals surface area contributed by atoms with Crippen molar-refractivity contribution in [1.82, 2.24) is 0 Å². The molecule has 0 amide bonds. The van der Waals surface area contributed by atoms with Crippen LogP contribution in [0.25, 0.3) is 0 Å². The summed E-state index contributed by atoms with van der Waals surface area (Å²) >= 11 is 0. The number of halogens is 1. The molecular formula is H4BaFNaZr. The minimum absolute atomic E-state index is 0. The third-order valence-corrected chi connectivity index (χ3v) is 0. The molecule has 0 aliphatic rings. The van der Waals surface area contributed by atoms with Gasteiger partial charge in [0.1, 0.15) is 0 Å². The van der Waals surface area contributed by atoms with E-state index in [1.165, 1.54) is 0 Å². The Bertz CT molecular complexity index is 14.9. The molecule has 0 radical (unpaired) electrons. The Kier molecular flexibility index (Phi) is 106. The monoisotopic (exact) mass is 274 g/mol. The molecule has 0 unspecified atom stereocenters. The fourth-order valence-electron chi connectivity index (χ4n) is 0. The van der Waals surface area contributed by atoms with Gasteiger partial charge in [0.05, 0.1) is 0 Å². The van der Waals surface area contributed by atoms with Gasteiger partial charge in [-0.2, -0.15) is 0 Å². The fourth-order valence-corrected chi connectivity index (χ4v) is 0. The van der Waals surface area contributed by atoms with E-state index in [9.17, 15) is 0 Å². The smallest absolute Gasteiger partial charge is 1.00 e. The van der Waals surface area contributed by atoms with Gasteiger partial charge in [-0.25, -0.2) is 0 Å². The summed E-state index contributed by atoms with van der Waals surface area (Å²) in [5, 5.41) is 0. The minimum Gasteiger partial charge on any atom is -1.00 e. The van der Waals surface area contributed by atoms with Crippen molar-refractivity contribution >= 4 is 48.9 Å². The van der Waals surface area contributed by atoms with Crippen LogP contribution in [0.5, 0.6) is 0 Å². The van der Waals surface area contributed by atoms with Gasteiger partial charge >= 0.3 is 78.4 Å². The summed E-state index contributed by atoms with van der Waals surface area (Å²) in [7, 11) is 0. The molecule has 0 aliphatic carbocycles. The number of hydrogen-bond acceptors (Lipinski definition) is 0. The molecule has 0 heterocycles. The van der Waals surface area contributed by atoms with Crippen molar-refractivity contribution in [2.75, 3.05) is 0 Å². The zero-order chi connectivity index (χ0) is 0. The molecule has 0 aromatic rings. The Hall–Kier alpha value is 3.38. The first-order valence-electron chi connectivity index (χ1n) is 0. The Balaban J connectivity index is 0. The SMILES string of the molecule is F.[Ba+2].[H-].[H-].[H-].[Na+].[Zr]. The predicted molar refractivity (Wildman–Crippen MR) is 11.6 cm³/mol. The van der Waals surface area contributed by atoms with Crippen LogP contribution in [0.15, 0.2) is 0 Å². The third-order valence-electron chi connectivity index (χ3n) is 0. The van der Waals surface area contributed by atoms with E-state index in [-0.39, 0.29) is 114 Å². The van der Waals surface area contributed by atoms with E-state index in [2.05, 4.69) is 0 Å². The summed E-state index contributed by atoms with van der Waals surface area (Å²) in [6.45, 7) is 0. The van der Waals surface area contributed by atoms with E-state index in [0.29, 0.717) is 0 Å². The molecule has 0 N–H and O–H groups in total. The van der Waals surface area contributed by atoms with Gasteiger partial charge in [0.15, 0.2) is 0 Å². The van der Waals surface area contributed by atoms with Crippen molar-refractivity contribution in [2.24, 2.45) is 0 Å². The fraction of sp³-hybridized carbons (Fsp3) is 0. The second kappa shape index (κ2) is 16.2. The standard InChI is InChI=1S/Ba.FH.Na.Zr.3H/h;1H;;;;;/q+2;;+1;;3*-1. The van der Waals surface area contributed by atoms with E-state index >= 15 is 0 Å². The summed E-state index contributed by atoms with van der Waals surface area (Å²) in [4.78, 5) is 0. The van der Waals surface area contributed by atoms with Crippen LogP contribution < -0.4 is 29.6 Å². The predicted octanol–water partition coefficient (Wildman–Crippen LogP) is -2.89. The topological polar surface area (TPSA) is 0 Å². The molecule has 0 bridgehead atoms. The molecule has 0 fully saturated rings. The van der Waals surface area contributed by atoms with Crippen molar-refractivity contribution < 1.29 is 64.7 Å². The van der Waals surface area contributed by atoms with Crippen LogP contribution in [-0.4, -0.2) is 48.9 Å². The van der Waals surface area contributed by atoms with Gasteiger partial charge in [-0.15, -0.1) is 0 Å². The molecule has 0 atom stereocenters. The first-order chi connectivity index (χ1) is 0.